The fourth-order valence-electron chi connectivity index (χ4n) is 2.70. The van der Waals surface area contributed by atoms with Crippen LogP contribution in [0.25, 0.3) is 0 Å². The van der Waals surface area contributed by atoms with Crippen LogP contribution in [0, 0.1) is 11.7 Å². The monoisotopic (exact) mass is 430 g/mol. The van der Waals surface area contributed by atoms with E-state index in [0.29, 0.717) is 17.3 Å². The fourth-order valence-corrected chi connectivity index (χ4v) is 3.96. The zero-order valence-electron chi connectivity index (χ0n) is 15.3. The van der Waals surface area contributed by atoms with E-state index in [1.54, 1.807) is 24.3 Å². The van der Waals surface area contributed by atoms with Crippen LogP contribution in [0.15, 0.2) is 47.4 Å². The van der Waals surface area contributed by atoms with E-state index in [0.717, 1.165) is 18.9 Å². The molecule has 1 fully saturated rings. The van der Waals surface area contributed by atoms with Crippen LogP contribution in [-0.2, 0) is 21.0 Å². The number of rotatable bonds is 6. The second-order valence-corrected chi connectivity index (χ2v) is 8.58. The molecule has 1 amide bonds. The van der Waals surface area contributed by atoms with Gasteiger partial charge in [0, 0.05) is 17.6 Å². The average Bonchev–Trinajstić information content (AvgIpc) is 3.46. The van der Waals surface area contributed by atoms with Gasteiger partial charge in [-0.1, -0.05) is 12.1 Å². The van der Waals surface area contributed by atoms with Crippen LogP contribution in [0.1, 0.15) is 36.9 Å². The number of nitrogens with one attached hydrogen (secondary N) is 2. The van der Waals surface area contributed by atoms with Gasteiger partial charge in [0.2, 0.25) is 15.9 Å². The van der Waals surface area contributed by atoms with Gasteiger partial charge in [-0.15, -0.1) is 0 Å². The number of sulfonamides is 1. The smallest absolute Gasteiger partial charge is 0.326 e. The van der Waals surface area contributed by atoms with Crippen molar-refractivity contribution in [3.63, 3.8) is 0 Å². The second kappa shape index (κ2) is 7.75. The third kappa shape index (κ3) is 5.13. The normalized spacial score (nSPS) is 15.8. The summed E-state index contributed by atoms with van der Waals surface area (Å²) in [6, 6.07) is 7.16. The minimum absolute atomic E-state index is 0.0395. The summed E-state index contributed by atoms with van der Waals surface area (Å²) < 4.78 is 79.1. The molecule has 0 heterocycles. The number of hydrogen-bond acceptors (Lipinski definition) is 3. The molecule has 1 aliphatic rings. The highest BCUT2D eigenvalue weighted by atomic mass is 32.2. The molecule has 0 bridgehead atoms. The Morgan fingerprint density at radius 2 is 1.72 bits per heavy atom. The highest BCUT2D eigenvalue weighted by Gasteiger charge is 2.35. The number of hydrogen-bond donors (Lipinski definition) is 2. The zero-order valence-corrected chi connectivity index (χ0v) is 16.1. The van der Waals surface area contributed by atoms with Crippen LogP contribution < -0.4 is 10.0 Å². The van der Waals surface area contributed by atoms with Gasteiger partial charge < -0.3 is 5.32 Å². The first-order valence-corrected chi connectivity index (χ1v) is 10.3. The molecule has 0 saturated heterocycles. The van der Waals surface area contributed by atoms with Gasteiger partial charge in [0.25, 0.3) is 0 Å². The summed E-state index contributed by atoms with van der Waals surface area (Å²) in [6.07, 6.45) is -3.29. The number of carbonyl (C=O) groups excluding carboxylic acids is 1. The van der Waals surface area contributed by atoms with Crippen LogP contribution in [0.4, 0.5) is 23.2 Å². The molecule has 3 rings (SSSR count). The van der Waals surface area contributed by atoms with Crippen LogP contribution in [-0.4, -0.2) is 14.3 Å². The van der Waals surface area contributed by atoms with Crippen molar-refractivity contribution < 1.29 is 30.8 Å². The molecule has 156 valence electrons. The van der Waals surface area contributed by atoms with E-state index in [4.69, 9.17) is 0 Å². The van der Waals surface area contributed by atoms with Crippen molar-refractivity contribution >= 4 is 21.6 Å². The van der Waals surface area contributed by atoms with Gasteiger partial charge in [0.1, 0.15) is 5.82 Å². The van der Waals surface area contributed by atoms with Crippen molar-refractivity contribution in [2.24, 2.45) is 5.92 Å². The maximum atomic E-state index is 13.4. The van der Waals surface area contributed by atoms with Crippen molar-refractivity contribution in [2.45, 2.75) is 36.9 Å². The van der Waals surface area contributed by atoms with Crippen LogP contribution in [0.2, 0.25) is 0 Å². The molecule has 2 aromatic rings. The number of amides is 1. The summed E-state index contributed by atoms with van der Waals surface area (Å²) >= 11 is 0. The maximum Gasteiger partial charge on any atom is 0.419 e. The Bertz CT molecular complexity index is 1020. The maximum absolute atomic E-state index is 13.4. The molecule has 0 spiro atoms. The van der Waals surface area contributed by atoms with E-state index < -0.39 is 38.5 Å². The molecule has 10 heteroatoms. The van der Waals surface area contributed by atoms with Gasteiger partial charge in [0.05, 0.1) is 10.5 Å². The van der Waals surface area contributed by atoms with Crippen molar-refractivity contribution in [3.8, 4) is 0 Å². The Morgan fingerprint density at radius 3 is 2.28 bits per heavy atom. The minimum Gasteiger partial charge on any atom is -0.326 e. The summed E-state index contributed by atoms with van der Waals surface area (Å²) in [5.74, 6) is -1.57. The summed E-state index contributed by atoms with van der Waals surface area (Å²) in [6.45, 7) is 1.52. The van der Waals surface area contributed by atoms with E-state index in [9.17, 15) is 30.8 Å². The molecular formula is C19H18F4N2O3S. The predicted octanol–water partition coefficient (Wildman–Crippen LogP) is 4.23. The lowest BCUT2D eigenvalue weighted by molar-refractivity contribution is -0.140. The molecule has 0 radical (unpaired) electrons. The number of carbonyl (C=O) groups is 1. The van der Waals surface area contributed by atoms with Gasteiger partial charge >= 0.3 is 6.18 Å². The largest absolute Gasteiger partial charge is 0.419 e. The molecular weight excluding hydrogens is 412 g/mol. The first-order valence-electron chi connectivity index (χ1n) is 8.77. The van der Waals surface area contributed by atoms with Crippen molar-refractivity contribution in [3.05, 3.63) is 59.4 Å². The first-order chi connectivity index (χ1) is 13.5. The van der Waals surface area contributed by atoms with Gasteiger partial charge in [0.15, 0.2) is 0 Å². The second-order valence-electron chi connectivity index (χ2n) is 6.87. The SMILES string of the molecule is CC(NS(=O)(=O)c1ccc(F)c(C(F)(F)F)c1)c1ccc(NC(=O)C2CC2)cc1. The Labute approximate surface area is 165 Å². The average molecular weight is 430 g/mol. The van der Waals surface area contributed by atoms with Crippen LogP contribution in [0.5, 0.6) is 0 Å². The third-order valence-corrected chi connectivity index (χ3v) is 6.05. The standard InChI is InChI=1S/C19H18F4N2O3S/c1-11(12-4-6-14(7-5-12)24-18(26)13-2-3-13)25-29(27,28)15-8-9-17(20)16(10-15)19(21,22)23/h4-11,13,25H,2-3H2,1H3,(H,24,26). The zero-order chi connectivity index (χ0) is 21.4. The molecule has 2 aromatic carbocycles. The Kier molecular flexibility index (Phi) is 5.68. The highest BCUT2D eigenvalue weighted by molar-refractivity contribution is 7.89. The first kappa shape index (κ1) is 21.3. The number of benzene rings is 2. The van der Waals surface area contributed by atoms with Gasteiger partial charge in [-0.25, -0.2) is 17.5 Å². The van der Waals surface area contributed by atoms with Gasteiger partial charge in [-0.2, -0.15) is 13.2 Å². The van der Waals surface area contributed by atoms with E-state index in [-0.39, 0.29) is 17.9 Å². The lowest BCUT2D eigenvalue weighted by Crippen LogP contribution is -2.27. The van der Waals surface area contributed by atoms with Crippen LogP contribution >= 0.6 is 0 Å². The Morgan fingerprint density at radius 1 is 1.10 bits per heavy atom. The summed E-state index contributed by atoms with van der Waals surface area (Å²) in [5.41, 5.74) is -0.547. The van der Waals surface area contributed by atoms with E-state index in [2.05, 4.69) is 10.0 Å². The fraction of sp³-hybridized carbons (Fsp3) is 0.316. The van der Waals surface area contributed by atoms with E-state index in [1.165, 1.54) is 6.92 Å². The predicted molar refractivity (Wildman–Crippen MR) is 97.9 cm³/mol. The number of alkyl halides is 3. The lowest BCUT2D eigenvalue weighted by Gasteiger charge is -2.16. The summed E-state index contributed by atoms with van der Waals surface area (Å²) in [4.78, 5) is 11.1. The number of halogens is 4. The molecule has 1 saturated carbocycles. The molecule has 0 aromatic heterocycles. The van der Waals surface area contributed by atoms with E-state index >= 15 is 0 Å². The molecule has 5 nitrogen and oxygen atoms in total. The number of anilines is 1. The Balaban J connectivity index is 1.73. The van der Waals surface area contributed by atoms with Crippen LogP contribution in [0.3, 0.4) is 0 Å². The molecule has 1 unspecified atom stereocenters. The quantitative estimate of drug-likeness (QED) is 0.674. The minimum atomic E-state index is -5.01. The van der Waals surface area contributed by atoms with E-state index in [1.807, 2.05) is 0 Å². The summed E-state index contributed by atoms with van der Waals surface area (Å²) in [7, 11) is -4.33. The summed E-state index contributed by atoms with van der Waals surface area (Å²) in [5, 5.41) is 2.75. The van der Waals surface area contributed by atoms with Gasteiger partial charge in [-0.3, -0.25) is 4.79 Å². The molecule has 29 heavy (non-hydrogen) atoms. The molecule has 1 aliphatic carbocycles. The molecule has 2 N–H and O–H groups in total. The van der Waals surface area contributed by atoms with Crippen molar-refractivity contribution in [1.29, 1.82) is 0 Å². The van der Waals surface area contributed by atoms with Crippen molar-refractivity contribution in [2.75, 3.05) is 5.32 Å². The molecule has 0 aliphatic heterocycles. The van der Waals surface area contributed by atoms with Crippen molar-refractivity contribution in [1.82, 2.24) is 4.72 Å². The lowest BCUT2D eigenvalue weighted by atomic mass is 10.1. The highest BCUT2D eigenvalue weighted by Crippen LogP contribution is 2.33. The third-order valence-electron chi connectivity index (χ3n) is 4.51. The molecule has 1 atom stereocenters. The van der Waals surface area contributed by atoms with Gasteiger partial charge in [-0.05, 0) is 55.7 Å². The topological polar surface area (TPSA) is 75.3 Å². The Hall–Kier alpha value is -2.46.